The summed E-state index contributed by atoms with van der Waals surface area (Å²) in [7, 11) is 0. The van der Waals surface area contributed by atoms with Gasteiger partial charge in [0, 0.05) is 18.5 Å². The van der Waals surface area contributed by atoms with Crippen LogP contribution in [0.4, 0.5) is 8.78 Å². The molecule has 4 saturated carbocycles. The maximum atomic E-state index is 14.0. The van der Waals surface area contributed by atoms with E-state index in [1.54, 1.807) is 17.0 Å². The second-order valence-corrected chi connectivity index (χ2v) is 18.6. The molecular formula is C42H58F2N2O3. The standard InChI is InChI=1S/C42H58F2N2O3/c1-26(2)29-14-19-41(45-34(47)24-46-23-22-42(43,44)25-46)21-20-39(6)31(35(29)41)12-13-33-38(5)17-15-30(27-8-10-28(11-9-27)36(48)49)37(3,4)32(38)16-18-40(33,39)7/h8-11,15,29,31-33,35H,1,12-14,16-25H2,2-7H3,(H,45,47)(H,48,49)/t29-,31+,32?,33?,35?,38-,39+,40+,41-/m0/s1. The Morgan fingerprint density at radius 1 is 0.918 bits per heavy atom. The van der Waals surface area contributed by atoms with Gasteiger partial charge in [0.1, 0.15) is 0 Å². The number of benzene rings is 1. The van der Waals surface area contributed by atoms with Crippen molar-refractivity contribution in [1.29, 1.82) is 0 Å². The molecule has 1 aliphatic heterocycles. The molecule has 6 aliphatic rings. The summed E-state index contributed by atoms with van der Waals surface area (Å²) in [6, 6.07) is 7.46. The van der Waals surface area contributed by atoms with Crippen molar-refractivity contribution in [1.82, 2.24) is 10.2 Å². The van der Waals surface area contributed by atoms with E-state index in [1.165, 1.54) is 30.4 Å². The highest BCUT2D eigenvalue weighted by molar-refractivity contribution is 5.88. The van der Waals surface area contributed by atoms with Crippen LogP contribution in [0.3, 0.4) is 0 Å². The van der Waals surface area contributed by atoms with Crippen molar-refractivity contribution < 1.29 is 23.5 Å². The summed E-state index contributed by atoms with van der Waals surface area (Å²) in [5.41, 5.74) is 4.12. The number of fused-ring (bicyclic) bond motifs is 7. The molecule has 0 bridgehead atoms. The van der Waals surface area contributed by atoms with Crippen molar-refractivity contribution in [2.24, 2.45) is 51.2 Å². The van der Waals surface area contributed by atoms with Crippen LogP contribution in [-0.2, 0) is 4.79 Å². The highest BCUT2D eigenvalue weighted by atomic mass is 19.3. The molecule has 1 amide bonds. The first-order chi connectivity index (χ1) is 22.9. The summed E-state index contributed by atoms with van der Waals surface area (Å²) < 4.78 is 27.9. The third-order valence-electron chi connectivity index (χ3n) is 16.1. The average Bonchev–Trinajstić information content (AvgIpc) is 3.56. The fraction of sp³-hybridized carbons (Fsp3) is 0.714. The van der Waals surface area contributed by atoms with E-state index in [-0.39, 0.29) is 59.2 Å². The van der Waals surface area contributed by atoms with Gasteiger partial charge in [0.25, 0.3) is 5.92 Å². The average molecular weight is 677 g/mol. The molecule has 0 radical (unpaired) electrons. The molecule has 7 rings (SSSR count). The van der Waals surface area contributed by atoms with Crippen molar-refractivity contribution >= 4 is 17.4 Å². The predicted molar refractivity (Wildman–Crippen MR) is 190 cm³/mol. The van der Waals surface area contributed by atoms with E-state index in [4.69, 9.17) is 0 Å². The van der Waals surface area contributed by atoms with Gasteiger partial charge >= 0.3 is 5.97 Å². The molecule has 5 fully saturated rings. The number of alkyl halides is 2. The third kappa shape index (κ3) is 5.20. The topological polar surface area (TPSA) is 69.6 Å². The van der Waals surface area contributed by atoms with Gasteiger partial charge in [0.15, 0.2) is 0 Å². The number of carboxylic acids is 1. The zero-order valence-corrected chi connectivity index (χ0v) is 30.6. The van der Waals surface area contributed by atoms with E-state index in [0.29, 0.717) is 35.2 Å². The number of carboxylic acid groups (broad SMARTS) is 1. The van der Waals surface area contributed by atoms with Crippen molar-refractivity contribution in [2.75, 3.05) is 19.6 Å². The van der Waals surface area contributed by atoms with Crippen molar-refractivity contribution in [3.8, 4) is 0 Å². The Balaban J connectivity index is 1.17. The Morgan fingerprint density at radius 2 is 1.63 bits per heavy atom. The molecule has 3 unspecified atom stereocenters. The number of carbonyl (C=O) groups excluding carboxylic acids is 1. The fourth-order valence-electron chi connectivity index (χ4n) is 13.7. The summed E-state index contributed by atoms with van der Waals surface area (Å²) in [6.45, 7) is 19.3. The van der Waals surface area contributed by atoms with Gasteiger partial charge in [-0.1, -0.05) is 65.0 Å². The van der Waals surface area contributed by atoms with Crippen LogP contribution in [-0.4, -0.2) is 53.0 Å². The summed E-state index contributed by atoms with van der Waals surface area (Å²) in [6.07, 6.45) is 12.0. The number of nitrogens with zero attached hydrogens (tertiary/aromatic N) is 1. The lowest BCUT2D eigenvalue weighted by atomic mass is 9.33. The molecule has 1 aromatic carbocycles. The van der Waals surface area contributed by atoms with E-state index >= 15 is 0 Å². The zero-order chi connectivity index (χ0) is 35.4. The van der Waals surface area contributed by atoms with Gasteiger partial charge in [-0.05, 0) is 139 Å². The maximum Gasteiger partial charge on any atom is 0.335 e. The molecule has 268 valence electrons. The highest BCUT2D eigenvalue weighted by Crippen LogP contribution is 2.76. The highest BCUT2D eigenvalue weighted by Gasteiger charge is 2.70. The van der Waals surface area contributed by atoms with Gasteiger partial charge in [0.2, 0.25) is 5.91 Å². The minimum atomic E-state index is -2.70. The van der Waals surface area contributed by atoms with Crippen LogP contribution in [0.2, 0.25) is 0 Å². The van der Waals surface area contributed by atoms with Gasteiger partial charge in [0.05, 0.1) is 18.7 Å². The summed E-state index contributed by atoms with van der Waals surface area (Å²) in [5.74, 6) is -1.43. The Morgan fingerprint density at radius 3 is 2.27 bits per heavy atom. The van der Waals surface area contributed by atoms with Crippen molar-refractivity contribution in [3.63, 3.8) is 0 Å². The lowest BCUT2D eigenvalue weighted by molar-refractivity contribution is -0.219. The van der Waals surface area contributed by atoms with Gasteiger partial charge in [-0.3, -0.25) is 9.69 Å². The third-order valence-corrected chi connectivity index (χ3v) is 16.1. The maximum absolute atomic E-state index is 14.0. The molecule has 49 heavy (non-hydrogen) atoms. The van der Waals surface area contributed by atoms with Crippen LogP contribution in [0.25, 0.3) is 5.57 Å². The quantitative estimate of drug-likeness (QED) is 0.295. The molecule has 9 atom stereocenters. The SMILES string of the molecule is C=C(C)[C@@H]1CC[C@]2(NC(=O)CN3CCC(F)(F)C3)CC[C@]3(C)[C@H](CCC4[C@@]5(C)CC=C(c6ccc(C(=O)O)cc6)C(C)(C)C5CC[C@]43C)C12. The number of amides is 1. The molecule has 2 N–H and O–H groups in total. The first-order valence-corrected chi connectivity index (χ1v) is 19.0. The number of hydrogen-bond acceptors (Lipinski definition) is 3. The number of allylic oxidation sites excluding steroid dienone is 3. The molecule has 1 saturated heterocycles. The number of nitrogens with one attached hydrogen (secondary N) is 1. The Labute approximate surface area is 292 Å². The van der Waals surface area contributed by atoms with Gasteiger partial charge in [-0.15, -0.1) is 0 Å². The Hall–Kier alpha value is -2.54. The van der Waals surface area contributed by atoms with E-state index in [2.05, 4.69) is 59.5 Å². The van der Waals surface area contributed by atoms with E-state index in [0.717, 1.165) is 44.1 Å². The first kappa shape index (κ1) is 34.9. The molecular weight excluding hydrogens is 618 g/mol. The van der Waals surface area contributed by atoms with Crippen LogP contribution in [0.15, 0.2) is 42.5 Å². The Kier molecular flexibility index (Phi) is 8.18. The van der Waals surface area contributed by atoms with Gasteiger partial charge in [-0.2, -0.15) is 0 Å². The second kappa shape index (κ2) is 11.5. The molecule has 0 spiro atoms. The van der Waals surface area contributed by atoms with Crippen molar-refractivity contribution in [3.05, 3.63) is 53.6 Å². The molecule has 0 aromatic heterocycles. The van der Waals surface area contributed by atoms with E-state index < -0.39 is 11.9 Å². The lowest BCUT2D eigenvalue weighted by Crippen LogP contribution is -2.68. The molecule has 1 heterocycles. The smallest absolute Gasteiger partial charge is 0.335 e. The first-order valence-electron chi connectivity index (χ1n) is 19.0. The van der Waals surface area contributed by atoms with Gasteiger partial charge < -0.3 is 10.4 Å². The zero-order valence-electron chi connectivity index (χ0n) is 30.6. The van der Waals surface area contributed by atoms with E-state index in [9.17, 15) is 23.5 Å². The van der Waals surface area contributed by atoms with Crippen LogP contribution in [0.1, 0.15) is 122 Å². The van der Waals surface area contributed by atoms with Crippen molar-refractivity contribution in [2.45, 2.75) is 117 Å². The minimum Gasteiger partial charge on any atom is -0.478 e. The number of halogens is 2. The number of aromatic carboxylic acids is 1. The molecule has 1 aromatic rings. The summed E-state index contributed by atoms with van der Waals surface area (Å²) >= 11 is 0. The number of carbonyl (C=O) groups is 2. The number of likely N-dealkylation sites (tertiary alicyclic amines) is 1. The fourth-order valence-corrected chi connectivity index (χ4v) is 13.7. The lowest BCUT2D eigenvalue weighted by Gasteiger charge is -2.72. The van der Waals surface area contributed by atoms with Crippen LogP contribution in [0.5, 0.6) is 0 Å². The van der Waals surface area contributed by atoms with Crippen LogP contribution < -0.4 is 5.32 Å². The van der Waals surface area contributed by atoms with E-state index in [1.807, 2.05) is 12.1 Å². The van der Waals surface area contributed by atoms with Crippen LogP contribution >= 0.6 is 0 Å². The number of hydrogen-bond donors (Lipinski definition) is 2. The van der Waals surface area contributed by atoms with Crippen LogP contribution in [0, 0.1) is 51.2 Å². The summed E-state index contributed by atoms with van der Waals surface area (Å²) in [4.78, 5) is 26.8. The molecule has 7 heteroatoms. The molecule has 5 aliphatic carbocycles. The molecule has 5 nitrogen and oxygen atoms in total. The monoisotopic (exact) mass is 676 g/mol. The predicted octanol–water partition coefficient (Wildman–Crippen LogP) is 9.25. The number of rotatable bonds is 6. The Bertz CT molecular complexity index is 1570. The van der Waals surface area contributed by atoms with Gasteiger partial charge in [-0.25, -0.2) is 13.6 Å². The summed E-state index contributed by atoms with van der Waals surface area (Å²) in [5, 5.41) is 13.0. The minimum absolute atomic E-state index is 0.0430. The normalized spacial score (nSPS) is 42.2. The largest absolute Gasteiger partial charge is 0.478 e. The second-order valence-electron chi connectivity index (χ2n) is 18.6.